The molecule has 1 aliphatic rings. The summed E-state index contributed by atoms with van der Waals surface area (Å²) in [7, 11) is 0. The maximum absolute atomic E-state index is 6.51. The topological polar surface area (TPSA) is 53.1 Å². The minimum atomic E-state index is 0.0769. The molecule has 0 saturated heterocycles. The largest absolute Gasteiger partial charge is 0.493 e. The molecule has 4 nitrogen and oxygen atoms in total. The van der Waals surface area contributed by atoms with Gasteiger partial charge in [-0.05, 0) is 24.5 Å². The lowest BCUT2D eigenvalue weighted by molar-refractivity contribution is 0.254. The number of aromatic nitrogens is 2. The van der Waals surface area contributed by atoms with Gasteiger partial charge in [0.1, 0.15) is 11.6 Å². The summed E-state index contributed by atoms with van der Waals surface area (Å²) in [6.07, 6.45) is 6.82. The lowest BCUT2D eigenvalue weighted by Crippen LogP contribution is -2.34. The molecule has 2 aromatic rings. The first-order valence-electron chi connectivity index (χ1n) is 7.77. The Hall–Kier alpha value is -1.81. The number of fused-ring (bicyclic) bond motifs is 1. The van der Waals surface area contributed by atoms with Crippen LogP contribution in [-0.2, 0) is 13.0 Å². The van der Waals surface area contributed by atoms with Crippen LogP contribution >= 0.6 is 0 Å². The summed E-state index contributed by atoms with van der Waals surface area (Å²) in [5.41, 5.74) is 7.75. The first-order valence-corrected chi connectivity index (χ1v) is 7.77. The molecule has 21 heavy (non-hydrogen) atoms. The molecule has 3 rings (SSSR count). The predicted molar refractivity (Wildman–Crippen MR) is 83.5 cm³/mol. The number of nitrogens with two attached hydrogens (primary N) is 1. The standard InChI is InChI=1S/C17H23N3O/c1-2-9-20-10-8-19-17(20)12-15(18)13-7-11-21-16-6-4-3-5-14(13)16/h3-6,8,10,13,15H,2,7,9,11-12,18H2,1H3. The van der Waals surface area contributed by atoms with Gasteiger partial charge in [-0.15, -0.1) is 0 Å². The predicted octanol–water partition coefficient (Wildman–Crippen LogP) is 2.73. The molecule has 2 unspecified atom stereocenters. The highest BCUT2D eigenvalue weighted by Gasteiger charge is 2.27. The second kappa shape index (κ2) is 6.31. The third-order valence-corrected chi connectivity index (χ3v) is 4.21. The fourth-order valence-corrected chi connectivity index (χ4v) is 3.14. The smallest absolute Gasteiger partial charge is 0.122 e. The van der Waals surface area contributed by atoms with Crippen molar-refractivity contribution < 1.29 is 4.74 Å². The third kappa shape index (κ3) is 2.95. The van der Waals surface area contributed by atoms with E-state index in [1.54, 1.807) is 0 Å². The van der Waals surface area contributed by atoms with E-state index in [0.29, 0.717) is 5.92 Å². The maximum Gasteiger partial charge on any atom is 0.122 e. The van der Waals surface area contributed by atoms with Crippen molar-refractivity contribution in [2.45, 2.75) is 44.7 Å². The summed E-state index contributed by atoms with van der Waals surface area (Å²) in [4.78, 5) is 4.48. The Morgan fingerprint density at radius 3 is 3.14 bits per heavy atom. The highest BCUT2D eigenvalue weighted by atomic mass is 16.5. The molecule has 0 amide bonds. The van der Waals surface area contributed by atoms with E-state index in [4.69, 9.17) is 10.5 Å². The lowest BCUT2D eigenvalue weighted by Gasteiger charge is -2.30. The van der Waals surface area contributed by atoms with E-state index >= 15 is 0 Å². The number of ether oxygens (including phenoxy) is 1. The van der Waals surface area contributed by atoms with Gasteiger partial charge in [0.25, 0.3) is 0 Å². The molecule has 0 aliphatic carbocycles. The van der Waals surface area contributed by atoms with Gasteiger partial charge < -0.3 is 15.0 Å². The van der Waals surface area contributed by atoms with Crippen molar-refractivity contribution in [3.05, 3.63) is 48.0 Å². The third-order valence-electron chi connectivity index (χ3n) is 4.21. The Balaban J connectivity index is 1.77. The second-order valence-corrected chi connectivity index (χ2v) is 5.69. The van der Waals surface area contributed by atoms with Crippen LogP contribution in [0, 0.1) is 0 Å². The van der Waals surface area contributed by atoms with Gasteiger partial charge in [-0.25, -0.2) is 4.98 Å². The van der Waals surface area contributed by atoms with E-state index in [-0.39, 0.29) is 6.04 Å². The quantitative estimate of drug-likeness (QED) is 0.919. The minimum Gasteiger partial charge on any atom is -0.493 e. The number of hydrogen-bond acceptors (Lipinski definition) is 3. The molecule has 2 atom stereocenters. The van der Waals surface area contributed by atoms with Crippen LogP contribution in [-0.4, -0.2) is 22.2 Å². The number of rotatable bonds is 5. The molecule has 0 fully saturated rings. The molecule has 0 saturated carbocycles. The van der Waals surface area contributed by atoms with Crippen LogP contribution in [0.5, 0.6) is 5.75 Å². The van der Waals surface area contributed by atoms with Gasteiger partial charge in [0.2, 0.25) is 0 Å². The van der Waals surface area contributed by atoms with Crippen LogP contribution in [0.4, 0.5) is 0 Å². The highest BCUT2D eigenvalue weighted by Crippen LogP contribution is 2.35. The molecule has 1 aromatic carbocycles. The van der Waals surface area contributed by atoms with Gasteiger partial charge in [0.05, 0.1) is 6.61 Å². The van der Waals surface area contributed by atoms with E-state index in [0.717, 1.165) is 44.0 Å². The molecule has 2 N–H and O–H groups in total. The second-order valence-electron chi connectivity index (χ2n) is 5.69. The SMILES string of the molecule is CCCn1ccnc1CC(N)C1CCOc2ccccc21. The summed E-state index contributed by atoms with van der Waals surface area (Å²) in [6.45, 7) is 3.93. The van der Waals surface area contributed by atoms with Crippen molar-refractivity contribution in [2.75, 3.05) is 6.61 Å². The Morgan fingerprint density at radius 1 is 1.43 bits per heavy atom. The number of para-hydroxylation sites is 1. The maximum atomic E-state index is 6.51. The van der Waals surface area contributed by atoms with Crippen LogP contribution in [0.15, 0.2) is 36.7 Å². The number of nitrogens with zero attached hydrogens (tertiary/aromatic N) is 2. The molecule has 1 aromatic heterocycles. The van der Waals surface area contributed by atoms with E-state index in [1.165, 1.54) is 5.56 Å². The molecule has 1 aliphatic heterocycles. The fourth-order valence-electron chi connectivity index (χ4n) is 3.14. The summed E-state index contributed by atoms with van der Waals surface area (Å²) >= 11 is 0. The highest BCUT2D eigenvalue weighted by molar-refractivity contribution is 5.38. The molecule has 0 spiro atoms. The van der Waals surface area contributed by atoms with Gasteiger partial charge in [-0.1, -0.05) is 25.1 Å². The van der Waals surface area contributed by atoms with E-state index in [2.05, 4.69) is 28.6 Å². The summed E-state index contributed by atoms with van der Waals surface area (Å²) < 4.78 is 7.94. The van der Waals surface area contributed by atoms with Gasteiger partial charge in [-0.3, -0.25) is 0 Å². The fraction of sp³-hybridized carbons (Fsp3) is 0.471. The molecular formula is C17H23N3O. The summed E-state index contributed by atoms with van der Waals surface area (Å²) in [6, 6.07) is 8.32. The number of hydrogen-bond donors (Lipinski definition) is 1. The van der Waals surface area contributed by atoms with Crippen molar-refractivity contribution in [2.24, 2.45) is 5.73 Å². The van der Waals surface area contributed by atoms with Crippen molar-refractivity contribution in [3.8, 4) is 5.75 Å². The minimum absolute atomic E-state index is 0.0769. The Morgan fingerprint density at radius 2 is 2.29 bits per heavy atom. The zero-order valence-electron chi connectivity index (χ0n) is 12.5. The van der Waals surface area contributed by atoms with Gasteiger partial charge >= 0.3 is 0 Å². The van der Waals surface area contributed by atoms with E-state index in [1.807, 2.05) is 24.5 Å². The van der Waals surface area contributed by atoms with Crippen molar-refractivity contribution in [3.63, 3.8) is 0 Å². The first-order chi connectivity index (χ1) is 10.3. The average molecular weight is 285 g/mol. The molecular weight excluding hydrogens is 262 g/mol. The van der Waals surface area contributed by atoms with Crippen LogP contribution in [0.1, 0.15) is 37.1 Å². The van der Waals surface area contributed by atoms with E-state index < -0.39 is 0 Å². The lowest BCUT2D eigenvalue weighted by atomic mass is 9.85. The normalized spacial score (nSPS) is 18.9. The van der Waals surface area contributed by atoms with Gasteiger partial charge in [0, 0.05) is 37.3 Å². The monoisotopic (exact) mass is 285 g/mol. The Labute approximate surface area is 125 Å². The molecule has 2 heterocycles. The number of aryl methyl sites for hydroxylation is 1. The van der Waals surface area contributed by atoms with E-state index in [9.17, 15) is 0 Å². The zero-order valence-corrected chi connectivity index (χ0v) is 12.5. The number of benzene rings is 1. The molecule has 112 valence electrons. The zero-order chi connectivity index (χ0) is 14.7. The Kier molecular flexibility index (Phi) is 4.25. The van der Waals surface area contributed by atoms with Crippen molar-refractivity contribution in [1.82, 2.24) is 9.55 Å². The molecule has 0 radical (unpaired) electrons. The van der Waals surface area contributed by atoms with Gasteiger partial charge in [0.15, 0.2) is 0 Å². The average Bonchev–Trinajstić information content (AvgIpc) is 2.94. The van der Waals surface area contributed by atoms with Crippen LogP contribution in [0.3, 0.4) is 0 Å². The Bertz CT molecular complexity index is 593. The van der Waals surface area contributed by atoms with Crippen LogP contribution in [0.2, 0.25) is 0 Å². The van der Waals surface area contributed by atoms with Crippen molar-refractivity contribution in [1.29, 1.82) is 0 Å². The van der Waals surface area contributed by atoms with Crippen LogP contribution in [0.25, 0.3) is 0 Å². The molecule has 4 heteroatoms. The summed E-state index contributed by atoms with van der Waals surface area (Å²) in [5.74, 6) is 2.43. The van der Waals surface area contributed by atoms with Crippen LogP contribution < -0.4 is 10.5 Å². The first kappa shape index (κ1) is 14.1. The number of imidazole rings is 1. The van der Waals surface area contributed by atoms with Gasteiger partial charge in [-0.2, -0.15) is 0 Å². The molecule has 0 bridgehead atoms. The summed E-state index contributed by atoms with van der Waals surface area (Å²) in [5, 5.41) is 0. The van der Waals surface area contributed by atoms with Crippen molar-refractivity contribution >= 4 is 0 Å².